The van der Waals surface area contributed by atoms with Crippen LogP contribution < -0.4 is 0 Å². The number of carbonyl (C=O) groups excluding carboxylic acids is 4. The van der Waals surface area contributed by atoms with E-state index in [2.05, 4.69) is 41.5 Å². The third kappa shape index (κ3) is 74.3. The molecule has 0 spiro atoms. The molecular formula is C81H158O17P2. The van der Waals surface area contributed by atoms with Crippen molar-refractivity contribution in [1.82, 2.24) is 0 Å². The quantitative estimate of drug-likeness (QED) is 0.0222. The minimum absolute atomic E-state index is 0.106. The Morgan fingerprint density at radius 1 is 0.270 bits per heavy atom. The summed E-state index contributed by atoms with van der Waals surface area (Å²) < 4.78 is 68.8. The topological polar surface area (TPSA) is 237 Å². The van der Waals surface area contributed by atoms with Gasteiger partial charge in [0.1, 0.15) is 19.3 Å². The minimum atomic E-state index is -4.96. The van der Waals surface area contributed by atoms with Gasteiger partial charge in [0.15, 0.2) is 12.2 Å². The Morgan fingerprint density at radius 3 is 0.680 bits per heavy atom. The van der Waals surface area contributed by atoms with E-state index in [9.17, 15) is 43.2 Å². The molecule has 19 heteroatoms. The van der Waals surface area contributed by atoms with Crippen molar-refractivity contribution >= 4 is 39.5 Å². The van der Waals surface area contributed by atoms with Crippen molar-refractivity contribution in [3.8, 4) is 0 Å². The van der Waals surface area contributed by atoms with E-state index in [1.54, 1.807) is 0 Å². The Balaban J connectivity index is 5.26. The third-order valence-electron chi connectivity index (χ3n) is 19.0. The van der Waals surface area contributed by atoms with Crippen molar-refractivity contribution in [1.29, 1.82) is 0 Å². The number of aliphatic hydroxyl groups is 1. The van der Waals surface area contributed by atoms with Crippen molar-refractivity contribution in [2.45, 2.75) is 445 Å². The molecule has 0 aromatic heterocycles. The van der Waals surface area contributed by atoms with Gasteiger partial charge < -0.3 is 33.8 Å². The van der Waals surface area contributed by atoms with E-state index in [4.69, 9.17) is 37.0 Å². The van der Waals surface area contributed by atoms with E-state index in [1.807, 2.05) is 0 Å². The zero-order valence-corrected chi connectivity index (χ0v) is 67.3. The van der Waals surface area contributed by atoms with Crippen LogP contribution >= 0.6 is 15.6 Å². The summed E-state index contributed by atoms with van der Waals surface area (Å²) in [5, 5.41) is 10.6. The third-order valence-corrected chi connectivity index (χ3v) is 20.9. The van der Waals surface area contributed by atoms with E-state index < -0.39 is 97.5 Å². The van der Waals surface area contributed by atoms with Crippen molar-refractivity contribution in [2.75, 3.05) is 39.6 Å². The fourth-order valence-electron chi connectivity index (χ4n) is 12.5. The Labute approximate surface area is 613 Å². The van der Waals surface area contributed by atoms with Gasteiger partial charge in [-0.05, 0) is 37.5 Å². The molecule has 100 heavy (non-hydrogen) atoms. The second-order valence-electron chi connectivity index (χ2n) is 30.1. The van der Waals surface area contributed by atoms with Gasteiger partial charge >= 0.3 is 39.5 Å². The van der Waals surface area contributed by atoms with Crippen molar-refractivity contribution < 1.29 is 80.2 Å². The van der Waals surface area contributed by atoms with Crippen LogP contribution in [-0.2, 0) is 65.4 Å². The zero-order valence-electron chi connectivity index (χ0n) is 65.5. The van der Waals surface area contributed by atoms with E-state index in [0.717, 1.165) is 102 Å². The van der Waals surface area contributed by atoms with Gasteiger partial charge in [-0.2, -0.15) is 0 Å². The first-order valence-electron chi connectivity index (χ1n) is 42.0. The number of hydrogen-bond donors (Lipinski definition) is 3. The number of aliphatic hydroxyl groups excluding tert-OH is 1. The molecule has 0 aromatic carbocycles. The van der Waals surface area contributed by atoms with Gasteiger partial charge in [-0.1, -0.05) is 375 Å². The highest BCUT2D eigenvalue weighted by atomic mass is 31.2. The number of carbonyl (C=O) groups is 4. The second-order valence-corrected chi connectivity index (χ2v) is 33.0. The maximum atomic E-state index is 13.1. The predicted octanol–water partition coefficient (Wildman–Crippen LogP) is 24.3. The molecule has 0 aliphatic heterocycles. The Kier molecular flexibility index (Phi) is 71.2. The fraction of sp³-hybridized carbons (Fsp3) is 0.951. The average molecular weight is 1470 g/mol. The van der Waals surface area contributed by atoms with Crippen molar-refractivity contribution in [2.24, 2.45) is 11.8 Å². The maximum absolute atomic E-state index is 13.1. The predicted molar refractivity (Wildman–Crippen MR) is 409 cm³/mol. The van der Waals surface area contributed by atoms with Gasteiger partial charge in [0, 0.05) is 25.7 Å². The summed E-state index contributed by atoms with van der Waals surface area (Å²) in [5.74, 6) is -0.597. The highest BCUT2D eigenvalue weighted by Gasteiger charge is 2.30. The van der Waals surface area contributed by atoms with Gasteiger partial charge in [-0.15, -0.1) is 0 Å². The van der Waals surface area contributed by atoms with Crippen LogP contribution in [0.15, 0.2) is 0 Å². The average Bonchev–Trinajstić information content (AvgIpc) is 0.973. The van der Waals surface area contributed by atoms with Crippen molar-refractivity contribution in [3.05, 3.63) is 0 Å². The molecule has 594 valence electrons. The van der Waals surface area contributed by atoms with E-state index in [1.165, 1.54) is 244 Å². The molecule has 0 fully saturated rings. The molecule has 5 atom stereocenters. The van der Waals surface area contributed by atoms with Crippen LogP contribution in [0.4, 0.5) is 0 Å². The SMILES string of the molecule is CCCCCCCCCCCCCCCCCCCCC(=O)O[C@H](COC(=O)CCCCCCCCCCCCCCCCCC)COP(=O)(O)OC[C@@H](O)COP(=O)(O)OC[C@@H](COC(=O)CCCCCCCCCCCCC(C)C)OC(=O)CCCCCCCCCCCCC(C)C. The Hall–Kier alpha value is -1.94. The largest absolute Gasteiger partial charge is 0.472 e. The lowest BCUT2D eigenvalue weighted by Crippen LogP contribution is -2.30. The molecule has 0 radical (unpaired) electrons. The standard InChI is InChI=1S/C81H158O17P2/c1-7-9-11-13-15-17-19-21-23-25-26-28-30-32-41-47-53-59-65-80(85)97-76(69-91-78(83)63-57-51-45-39-31-29-27-24-22-20-18-16-14-12-10-8-2)71-95-99(87,88)93-67-75(82)68-94-100(89,90)96-72-77(98-81(86)66-60-54-48-42-36-34-38-44-50-56-62-74(5)6)70-92-79(84)64-58-52-46-40-35-33-37-43-49-55-61-73(3)4/h73-77,82H,7-72H2,1-6H3,(H,87,88)(H,89,90)/t75-,76-,77-/m1/s1. The molecule has 17 nitrogen and oxygen atoms in total. The number of esters is 4. The lowest BCUT2D eigenvalue weighted by molar-refractivity contribution is -0.161. The molecule has 0 saturated carbocycles. The fourth-order valence-corrected chi connectivity index (χ4v) is 14.1. The first-order chi connectivity index (χ1) is 48.4. The second kappa shape index (κ2) is 72.6. The van der Waals surface area contributed by atoms with E-state index in [-0.39, 0.29) is 25.7 Å². The Morgan fingerprint density at radius 2 is 0.460 bits per heavy atom. The lowest BCUT2D eigenvalue weighted by atomic mass is 10.0. The molecule has 0 aliphatic carbocycles. The molecular weight excluding hydrogens is 1310 g/mol. The van der Waals surface area contributed by atoms with Gasteiger partial charge in [-0.3, -0.25) is 37.3 Å². The normalized spacial score (nSPS) is 13.9. The Bertz CT molecular complexity index is 1920. The summed E-state index contributed by atoms with van der Waals surface area (Å²) in [4.78, 5) is 73.1. The summed E-state index contributed by atoms with van der Waals surface area (Å²) in [5.41, 5.74) is 0. The lowest BCUT2D eigenvalue weighted by Gasteiger charge is -2.21. The van der Waals surface area contributed by atoms with Crippen LogP contribution in [0, 0.1) is 11.8 Å². The van der Waals surface area contributed by atoms with Gasteiger partial charge in [0.2, 0.25) is 0 Å². The maximum Gasteiger partial charge on any atom is 0.472 e. The summed E-state index contributed by atoms with van der Waals surface area (Å²) in [6.07, 6.45) is 62.4. The number of phosphoric acid groups is 2. The molecule has 0 bridgehead atoms. The first kappa shape index (κ1) is 98.1. The molecule has 0 rings (SSSR count). The molecule has 2 unspecified atom stereocenters. The van der Waals surface area contributed by atoms with Crippen LogP contribution in [-0.4, -0.2) is 96.7 Å². The van der Waals surface area contributed by atoms with Crippen molar-refractivity contribution in [3.63, 3.8) is 0 Å². The molecule has 0 aliphatic rings. The molecule has 0 saturated heterocycles. The van der Waals surface area contributed by atoms with Crippen LogP contribution in [0.3, 0.4) is 0 Å². The van der Waals surface area contributed by atoms with Gasteiger partial charge in [0.25, 0.3) is 0 Å². The number of phosphoric ester groups is 2. The number of unbranched alkanes of at least 4 members (excludes halogenated alkanes) is 50. The summed E-state index contributed by atoms with van der Waals surface area (Å²) in [6, 6.07) is 0. The van der Waals surface area contributed by atoms with Crippen LogP contribution in [0.5, 0.6) is 0 Å². The smallest absolute Gasteiger partial charge is 0.462 e. The molecule has 0 heterocycles. The van der Waals surface area contributed by atoms with E-state index in [0.29, 0.717) is 25.7 Å². The molecule has 0 amide bonds. The summed E-state index contributed by atoms with van der Waals surface area (Å²) in [7, 11) is -9.92. The van der Waals surface area contributed by atoms with Crippen LogP contribution in [0.1, 0.15) is 427 Å². The van der Waals surface area contributed by atoms with E-state index >= 15 is 0 Å². The molecule has 0 aromatic rings. The van der Waals surface area contributed by atoms with Gasteiger partial charge in [0.05, 0.1) is 26.4 Å². The monoisotopic (exact) mass is 1470 g/mol. The zero-order chi connectivity index (χ0) is 73.5. The first-order valence-corrected chi connectivity index (χ1v) is 45.0. The number of hydrogen-bond acceptors (Lipinski definition) is 15. The highest BCUT2D eigenvalue weighted by Crippen LogP contribution is 2.45. The number of rotatable bonds is 80. The molecule has 3 N–H and O–H groups in total. The number of ether oxygens (including phenoxy) is 4. The van der Waals surface area contributed by atoms with Crippen LogP contribution in [0.2, 0.25) is 0 Å². The summed E-state index contributed by atoms with van der Waals surface area (Å²) >= 11 is 0. The summed E-state index contributed by atoms with van der Waals surface area (Å²) in [6.45, 7) is 9.63. The van der Waals surface area contributed by atoms with Gasteiger partial charge in [-0.25, -0.2) is 9.13 Å². The minimum Gasteiger partial charge on any atom is -0.462 e. The highest BCUT2D eigenvalue weighted by molar-refractivity contribution is 7.47. The van der Waals surface area contributed by atoms with Crippen LogP contribution in [0.25, 0.3) is 0 Å².